The molecule has 1 aromatic heterocycles. The average molecular weight is 291 g/mol. The van der Waals surface area contributed by atoms with Crippen LogP contribution in [0.15, 0.2) is 9.98 Å². The zero-order valence-electron chi connectivity index (χ0n) is 8.78. The lowest BCUT2D eigenvalue weighted by molar-refractivity contribution is 0.139. The van der Waals surface area contributed by atoms with Crippen LogP contribution in [0.25, 0.3) is 0 Å². The maximum Gasteiger partial charge on any atom is 0.186 e. The van der Waals surface area contributed by atoms with E-state index < -0.39 is 0 Å². The molecule has 0 atom stereocenters. The summed E-state index contributed by atoms with van der Waals surface area (Å²) < 4.78 is 6.13. The topological polar surface area (TPSA) is 25.4 Å². The number of ether oxygens (including phenoxy) is 1. The van der Waals surface area contributed by atoms with E-state index in [1.54, 1.807) is 18.4 Å². The number of aromatic nitrogens is 1. The van der Waals surface area contributed by atoms with Gasteiger partial charge in [-0.25, -0.2) is 4.98 Å². The van der Waals surface area contributed by atoms with Crippen molar-refractivity contribution in [2.24, 2.45) is 5.92 Å². The largest absolute Gasteiger partial charge is 0.384 e. The van der Waals surface area contributed by atoms with Gasteiger partial charge in [-0.3, -0.25) is 0 Å². The monoisotopic (exact) mass is 290 g/mol. The van der Waals surface area contributed by atoms with Gasteiger partial charge in [-0.05, 0) is 34.7 Å². The van der Waals surface area contributed by atoms with E-state index in [4.69, 9.17) is 4.74 Å². The molecule has 1 saturated heterocycles. The summed E-state index contributed by atoms with van der Waals surface area (Å²) in [7, 11) is 1.78. The molecule has 0 amide bonds. The van der Waals surface area contributed by atoms with Crippen LogP contribution < -0.4 is 4.90 Å². The average Bonchev–Trinajstić information content (AvgIpc) is 2.67. The second-order valence-electron chi connectivity index (χ2n) is 3.84. The summed E-state index contributed by atoms with van der Waals surface area (Å²) in [5, 5.41) is 3.18. The Labute approximate surface area is 103 Å². The molecule has 0 aromatic carbocycles. The molecule has 1 aromatic rings. The number of hydrogen-bond donors (Lipinski definition) is 0. The Morgan fingerprint density at radius 3 is 2.87 bits per heavy atom. The molecular weight excluding hydrogens is 276 g/mol. The third kappa shape index (κ3) is 2.92. The first-order valence-electron chi connectivity index (χ1n) is 5.14. The van der Waals surface area contributed by atoms with Crippen LogP contribution in [0.4, 0.5) is 5.13 Å². The number of piperidine rings is 1. The van der Waals surface area contributed by atoms with Crippen molar-refractivity contribution in [2.45, 2.75) is 12.8 Å². The number of anilines is 1. The van der Waals surface area contributed by atoms with Crippen LogP contribution >= 0.6 is 27.3 Å². The van der Waals surface area contributed by atoms with Crippen molar-refractivity contribution in [1.29, 1.82) is 0 Å². The summed E-state index contributed by atoms with van der Waals surface area (Å²) in [4.78, 5) is 6.80. The molecule has 0 unspecified atom stereocenters. The van der Waals surface area contributed by atoms with Crippen molar-refractivity contribution < 1.29 is 4.74 Å². The van der Waals surface area contributed by atoms with Gasteiger partial charge >= 0.3 is 0 Å². The van der Waals surface area contributed by atoms with Crippen LogP contribution in [0.3, 0.4) is 0 Å². The molecule has 0 bridgehead atoms. The Hall–Kier alpha value is -0.130. The molecule has 1 aliphatic rings. The van der Waals surface area contributed by atoms with Gasteiger partial charge in [0.1, 0.15) is 4.60 Å². The molecule has 2 heterocycles. The van der Waals surface area contributed by atoms with Gasteiger partial charge in [0.2, 0.25) is 0 Å². The van der Waals surface area contributed by atoms with Crippen LogP contribution in [-0.2, 0) is 4.74 Å². The van der Waals surface area contributed by atoms with E-state index in [2.05, 4.69) is 25.8 Å². The minimum absolute atomic E-state index is 0.731. The molecule has 15 heavy (non-hydrogen) atoms. The molecule has 2 rings (SSSR count). The first kappa shape index (κ1) is 11.4. The van der Waals surface area contributed by atoms with E-state index in [9.17, 15) is 0 Å². The van der Waals surface area contributed by atoms with Crippen LogP contribution in [0, 0.1) is 5.92 Å². The fourth-order valence-electron chi connectivity index (χ4n) is 1.92. The maximum absolute atomic E-state index is 5.19. The summed E-state index contributed by atoms with van der Waals surface area (Å²) in [5.74, 6) is 0.731. The summed E-state index contributed by atoms with van der Waals surface area (Å²) in [6, 6.07) is 0. The van der Waals surface area contributed by atoms with Gasteiger partial charge in [-0.2, -0.15) is 0 Å². The highest BCUT2D eigenvalue weighted by Crippen LogP contribution is 2.27. The Balaban J connectivity index is 1.88. The molecule has 3 nitrogen and oxygen atoms in total. The van der Waals surface area contributed by atoms with Gasteiger partial charge in [0.25, 0.3) is 0 Å². The van der Waals surface area contributed by atoms with Crippen LogP contribution in [0.5, 0.6) is 0 Å². The minimum Gasteiger partial charge on any atom is -0.384 e. The number of hydrogen-bond acceptors (Lipinski definition) is 4. The van der Waals surface area contributed by atoms with Gasteiger partial charge in [0, 0.05) is 32.2 Å². The smallest absolute Gasteiger partial charge is 0.186 e. The number of nitrogens with zero attached hydrogens (tertiary/aromatic N) is 2. The van der Waals surface area contributed by atoms with Crippen molar-refractivity contribution in [3.8, 4) is 0 Å². The van der Waals surface area contributed by atoms with Crippen molar-refractivity contribution in [2.75, 3.05) is 31.7 Å². The first-order chi connectivity index (χ1) is 7.29. The van der Waals surface area contributed by atoms with Gasteiger partial charge in [0.15, 0.2) is 5.13 Å². The fourth-order valence-corrected chi connectivity index (χ4v) is 3.22. The molecule has 1 fully saturated rings. The van der Waals surface area contributed by atoms with Gasteiger partial charge < -0.3 is 9.64 Å². The Kier molecular flexibility index (Phi) is 3.99. The molecule has 1 aliphatic heterocycles. The highest BCUT2D eigenvalue weighted by molar-refractivity contribution is 9.10. The highest BCUT2D eigenvalue weighted by atomic mass is 79.9. The summed E-state index contributed by atoms with van der Waals surface area (Å²) in [5.41, 5.74) is 0. The van der Waals surface area contributed by atoms with Crippen LogP contribution in [0.2, 0.25) is 0 Å². The predicted molar refractivity (Wildman–Crippen MR) is 66.6 cm³/mol. The lowest BCUT2D eigenvalue weighted by atomic mass is 9.98. The quantitative estimate of drug-likeness (QED) is 0.856. The molecule has 0 N–H and O–H groups in total. The number of halogens is 1. The summed E-state index contributed by atoms with van der Waals surface area (Å²) in [6.07, 6.45) is 2.43. The molecule has 5 heteroatoms. The van der Waals surface area contributed by atoms with Crippen molar-refractivity contribution in [1.82, 2.24) is 4.98 Å². The number of rotatable bonds is 3. The van der Waals surface area contributed by atoms with E-state index in [0.717, 1.165) is 35.3 Å². The van der Waals surface area contributed by atoms with E-state index in [-0.39, 0.29) is 0 Å². The van der Waals surface area contributed by atoms with E-state index in [0.29, 0.717) is 0 Å². The highest BCUT2D eigenvalue weighted by Gasteiger charge is 2.20. The SMILES string of the molecule is COCC1CCN(c2nc(Br)cs2)CC1. The first-order valence-corrected chi connectivity index (χ1v) is 6.82. The lowest BCUT2D eigenvalue weighted by Gasteiger charge is -2.31. The number of methoxy groups -OCH3 is 1. The normalized spacial score (nSPS) is 18.4. The second kappa shape index (κ2) is 5.27. The molecule has 0 aliphatic carbocycles. The summed E-state index contributed by atoms with van der Waals surface area (Å²) >= 11 is 5.10. The van der Waals surface area contributed by atoms with E-state index >= 15 is 0 Å². The minimum atomic E-state index is 0.731. The third-order valence-corrected chi connectivity index (χ3v) is 4.36. The van der Waals surface area contributed by atoms with Crippen molar-refractivity contribution >= 4 is 32.4 Å². The van der Waals surface area contributed by atoms with E-state index in [1.165, 1.54) is 12.8 Å². The Bertz CT molecular complexity index is 310. The fraction of sp³-hybridized carbons (Fsp3) is 0.700. The Morgan fingerprint density at radius 2 is 2.33 bits per heavy atom. The third-order valence-electron chi connectivity index (χ3n) is 2.75. The summed E-state index contributed by atoms with van der Waals surface area (Å²) in [6.45, 7) is 3.11. The van der Waals surface area contributed by atoms with Gasteiger partial charge in [-0.1, -0.05) is 0 Å². The standard InChI is InChI=1S/C10H15BrN2OS/c1-14-6-8-2-4-13(5-3-8)10-12-9(11)7-15-10/h7-8H,2-6H2,1H3. The lowest BCUT2D eigenvalue weighted by Crippen LogP contribution is -2.34. The second-order valence-corrected chi connectivity index (χ2v) is 5.49. The Morgan fingerprint density at radius 1 is 1.60 bits per heavy atom. The van der Waals surface area contributed by atoms with Crippen molar-refractivity contribution in [3.63, 3.8) is 0 Å². The van der Waals surface area contributed by atoms with Gasteiger partial charge in [-0.15, -0.1) is 11.3 Å². The zero-order chi connectivity index (χ0) is 10.7. The van der Waals surface area contributed by atoms with E-state index in [1.807, 2.05) is 5.38 Å². The molecular formula is C10H15BrN2OS. The maximum atomic E-state index is 5.19. The van der Waals surface area contributed by atoms with Crippen LogP contribution in [0.1, 0.15) is 12.8 Å². The van der Waals surface area contributed by atoms with Crippen LogP contribution in [-0.4, -0.2) is 31.8 Å². The molecule has 0 saturated carbocycles. The zero-order valence-corrected chi connectivity index (χ0v) is 11.2. The molecule has 84 valence electrons. The molecule has 0 spiro atoms. The van der Waals surface area contributed by atoms with Crippen molar-refractivity contribution in [3.05, 3.63) is 9.98 Å². The predicted octanol–water partition coefficient (Wildman–Crippen LogP) is 2.77. The molecule has 0 radical (unpaired) electrons. The van der Waals surface area contributed by atoms with Gasteiger partial charge in [0.05, 0.1) is 0 Å². The number of thiazole rings is 1.